The molecule has 0 spiro atoms. The fraction of sp³-hybridized carbons (Fsp3) is 0.250. The first kappa shape index (κ1) is 13.4. The molecule has 1 aromatic carbocycles. The van der Waals surface area contributed by atoms with Crippen molar-refractivity contribution in [2.24, 2.45) is 0 Å². The Labute approximate surface area is 103 Å². The van der Waals surface area contributed by atoms with E-state index in [0.29, 0.717) is 5.75 Å². The maximum absolute atomic E-state index is 11.6. The summed E-state index contributed by atoms with van der Waals surface area (Å²) < 4.78 is 21.0. The molecule has 0 heterocycles. The lowest BCUT2D eigenvalue weighted by atomic mass is 10.2. The maximum Gasteiger partial charge on any atom is 0.331 e. The van der Waals surface area contributed by atoms with Gasteiger partial charge in [-0.3, -0.25) is 4.21 Å². The van der Waals surface area contributed by atoms with Gasteiger partial charge in [0.1, 0.15) is 5.75 Å². The fourth-order valence-electron chi connectivity index (χ4n) is 1.13. The van der Waals surface area contributed by atoms with Crippen LogP contribution in [0, 0.1) is 0 Å². The number of esters is 1. The summed E-state index contributed by atoms with van der Waals surface area (Å²) in [5, 5.41) is 1.33. The molecule has 0 aliphatic carbocycles. The second-order valence-electron chi connectivity index (χ2n) is 3.20. The minimum absolute atomic E-state index is 0.359. The van der Waals surface area contributed by atoms with Gasteiger partial charge in [0.2, 0.25) is 0 Å². The number of hydrogen-bond donors (Lipinski definition) is 0. The van der Waals surface area contributed by atoms with Gasteiger partial charge in [0.25, 0.3) is 0 Å². The van der Waals surface area contributed by atoms with Gasteiger partial charge in [-0.25, -0.2) is 4.79 Å². The van der Waals surface area contributed by atoms with E-state index in [1.807, 2.05) is 12.1 Å². The van der Waals surface area contributed by atoms with Gasteiger partial charge < -0.3 is 9.47 Å². The lowest BCUT2D eigenvalue weighted by molar-refractivity contribution is -0.134. The number of hydrogen-bond acceptors (Lipinski definition) is 4. The zero-order valence-electron chi connectivity index (χ0n) is 9.71. The predicted molar refractivity (Wildman–Crippen MR) is 66.0 cm³/mol. The number of benzene rings is 1. The van der Waals surface area contributed by atoms with Gasteiger partial charge in [-0.05, 0) is 17.7 Å². The quantitative estimate of drug-likeness (QED) is 0.592. The highest BCUT2D eigenvalue weighted by Crippen LogP contribution is 2.12. The van der Waals surface area contributed by atoms with Gasteiger partial charge in [0.05, 0.1) is 30.8 Å². The number of carbonyl (C=O) groups excluding carboxylic acids is 1. The van der Waals surface area contributed by atoms with Crippen molar-refractivity contribution >= 4 is 16.8 Å². The molecule has 0 amide bonds. The minimum Gasteiger partial charge on any atom is -0.497 e. The zero-order valence-corrected chi connectivity index (χ0v) is 10.5. The number of ether oxygens (including phenoxy) is 2. The molecule has 0 aliphatic rings. The third-order valence-corrected chi connectivity index (χ3v) is 3.08. The molecule has 0 N–H and O–H groups in total. The van der Waals surface area contributed by atoms with Crippen molar-refractivity contribution in [1.82, 2.24) is 0 Å². The summed E-state index contributed by atoms with van der Waals surface area (Å²) in [6, 6.07) is 7.28. The standard InChI is InChI=1S/C12H14O4S/c1-15-11-5-3-10(4-6-11)9-17(14)8-7-12(13)16-2/h3-8H,9H2,1-2H3/b8-7+. The van der Waals surface area contributed by atoms with Crippen molar-refractivity contribution in [3.8, 4) is 5.75 Å². The van der Waals surface area contributed by atoms with Crippen LogP contribution >= 0.6 is 0 Å². The number of methoxy groups -OCH3 is 2. The summed E-state index contributed by atoms with van der Waals surface area (Å²) in [6.07, 6.45) is 1.17. The van der Waals surface area contributed by atoms with Crippen LogP contribution in [-0.2, 0) is 26.1 Å². The molecule has 5 heteroatoms. The van der Waals surface area contributed by atoms with Crippen LogP contribution in [-0.4, -0.2) is 24.4 Å². The molecular weight excluding hydrogens is 240 g/mol. The van der Waals surface area contributed by atoms with Crippen LogP contribution < -0.4 is 4.74 Å². The van der Waals surface area contributed by atoms with E-state index in [-0.39, 0.29) is 0 Å². The molecule has 1 rings (SSSR count). The van der Waals surface area contributed by atoms with Gasteiger partial charge in [0.15, 0.2) is 0 Å². The minimum atomic E-state index is -1.22. The van der Waals surface area contributed by atoms with Crippen molar-refractivity contribution in [1.29, 1.82) is 0 Å². The molecule has 0 bridgehead atoms. The Balaban J connectivity index is 2.56. The third kappa shape index (κ3) is 4.82. The van der Waals surface area contributed by atoms with Crippen molar-refractivity contribution in [3.05, 3.63) is 41.3 Å². The molecule has 0 aliphatic heterocycles. The summed E-state index contributed by atoms with van der Waals surface area (Å²) in [7, 11) is 1.64. The molecule has 0 fully saturated rings. The Bertz CT molecular complexity index is 423. The Morgan fingerprint density at radius 3 is 2.47 bits per heavy atom. The first-order valence-electron chi connectivity index (χ1n) is 4.92. The average molecular weight is 254 g/mol. The Morgan fingerprint density at radius 2 is 1.94 bits per heavy atom. The molecule has 4 nitrogen and oxygen atoms in total. The maximum atomic E-state index is 11.6. The van der Waals surface area contributed by atoms with E-state index < -0.39 is 16.8 Å². The lowest BCUT2D eigenvalue weighted by Crippen LogP contribution is -1.97. The van der Waals surface area contributed by atoms with Crippen LogP contribution in [0.3, 0.4) is 0 Å². The summed E-state index contributed by atoms with van der Waals surface area (Å²) >= 11 is 0. The van der Waals surface area contributed by atoms with Gasteiger partial charge >= 0.3 is 5.97 Å². The molecule has 1 unspecified atom stereocenters. The van der Waals surface area contributed by atoms with Crippen LogP contribution in [0.15, 0.2) is 35.7 Å². The summed E-state index contributed by atoms with van der Waals surface area (Å²) in [5.74, 6) is 0.607. The van der Waals surface area contributed by atoms with Crippen LogP contribution in [0.2, 0.25) is 0 Å². The molecule has 0 saturated carbocycles. The second-order valence-corrected chi connectivity index (χ2v) is 4.52. The van der Waals surface area contributed by atoms with E-state index in [9.17, 15) is 9.00 Å². The fourth-order valence-corrected chi connectivity index (χ4v) is 2.01. The normalized spacial score (nSPS) is 12.4. The molecule has 0 radical (unpaired) electrons. The van der Waals surface area contributed by atoms with Gasteiger partial charge in [-0.15, -0.1) is 0 Å². The van der Waals surface area contributed by atoms with Crippen LogP contribution in [0.25, 0.3) is 0 Å². The topological polar surface area (TPSA) is 52.6 Å². The van der Waals surface area contributed by atoms with E-state index in [2.05, 4.69) is 4.74 Å². The third-order valence-electron chi connectivity index (χ3n) is 2.03. The van der Waals surface area contributed by atoms with E-state index >= 15 is 0 Å². The smallest absolute Gasteiger partial charge is 0.331 e. The van der Waals surface area contributed by atoms with Gasteiger partial charge in [-0.2, -0.15) is 0 Å². The SMILES string of the molecule is COC(=O)/C=C/S(=O)Cc1ccc(OC)cc1. The predicted octanol–water partition coefficient (Wildman–Crippen LogP) is 1.63. The van der Waals surface area contributed by atoms with Crippen LogP contribution in [0.1, 0.15) is 5.56 Å². The summed E-state index contributed by atoms with van der Waals surface area (Å²) in [4.78, 5) is 10.8. The van der Waals surface area contributed by atoms with Gasteiger partial charge in [-0.1, -0.05) is 12.1 Å². The largest absolute Gasteiger partial charge is 0.497 e. The van der Waals surface area contributed by atoms with Crippen molar-refractivity contribution < 1.29 is 18.5 Å². The molecule has 17 heavy (non-hydrogen) atoms. The van der Waals surface area contributed by atoms with Crippen LogP contribution in [0.4, 0.5) is 0 Å². The molecule has 0 aromatic heterocycles. The van der Waals surface area contributed by atoms with Gasteiger partial charge in [0, 0.05) is 11.5 Å². The van der Waals surface area contributed by atoms with Crippen molar-refractivity contribution in [2.45, 2.75) is 5.75 Å². The Kier molecular flexibility index (Phi) is 5.42. The van der Waals surface area contributed by atoms with E-state index in [1.165, 1.54) is 18.6 Å². The highest BCUT2D eigenvalue weighted by molar-refractivity contribution is 7.87. The summed E-state index contributed by atoms with van der Waals surface area (Å²) in [5.41, 5.74) is 0.915. The first-order valence-corrected chi connectivity index (χ1v) is 6.30. The average Bonchev–Trinajstić information content (AvgIpc) is 2.36. The van der Waals surface area contributed by atoms with Crippen LogP contribution in [0.5, 0.6) is 5.75 Å². The van der Waals surface area contributed by atoms with E-state index in [1.54, 1.807) is 19.2 Å². The molecular formula is C12H14O4S. The van der Waals surface area contributed by atoms with E-state index in [4.69, 9.17) is 4.74 Å². The van der Waals surface area contributed by atoms with E-state index in [0.717, 1.165) is 11.3 Å². The van der Waals surface area contributed by atoms with Crippen molar-refractivity contribution in [2.75, 3.05) is 14.2 Å². The molecule has 92 valence electrons. The monoisotopic (exact) mass is 254 g/mol. The summed E-state index contributed by atoms with van der Waals surface area (Å²) in [6.45, 7) is 0. The highest BCUT2D eigenvalue weighted by Gasteiger charge is 2.00. The number of rotatable bonds is 5. The molecule has 1 aromatic rings. The Morgan fingerprint density at radius 1 is 1.29 bits per heavy atom. The first-order chi connectivity index (χ1) is 8.15. The number of carbonyl (C=O) groups is 1. The molecule has 1 atom stereocenters. The Hall–Kier alpha value is -1.62. The highest BCUT2D eigenvalue weighted by atomic mass is 32.2. The zero-order chi connectivity index (χ0) is 12.7. The second kappa shape index (κ2) is 6.85. The van der Waals surface area contributed by atoms with Crippen molar-refractivity contribution in [3.63, 3.8) is 0 Å². The molecule has 0 saturated heterocycles. The lowest BCUT2D eigenvalue weighted by Gasteiger charge is -2.01.